The van der Waals surface area contributed by atoms with Crippen LogP contribution in [0.1, 0.15) is 5.56 Å². The molecule has 3 aromatic rings. The van der Waals surface area contributed by atoms with Crippen molar-refractivity contribution in [1.82, 2.24) is 14.5 Å². The first-order valence-electron chi connectivity index (χ1n) is 10.3. The molecule has 0 bridgehead atoms. The molecule has 1 fully saturated rings. The maximum absolute atomic E-state index is 13.2. The molecule has 32 heavy (non-hydrogen) atoms. The highest BCUT2D eigenvalue weighted by atomic mass is 32.2. The van der Waals surface area contributed by atoms with Crippen molar-refractivity contribution in [3.63, 3.8) is 0 Å². The molecule has 4 rings (SSSR count). The maximum Gasteiger partial charge on any atom is 0.246 e. The monoisotopic (exact) mass is 454 g/mol. The van der Waals surface area contributed by atoms with Crippen molar-refractivity contribution in [2.24, 2.45) is 0 Å². The van der Waals surface area contributed by atoms with Gasteiger partial charge in [-0.2, -0.15) is 4.31 Å². The molecule has 2 aromatic carbocycles. The normalized spacial score (nSPS) is 14.9. The number of ether oxygens (including phenoxy) is 2. The van der Waals surface area contributed by atoms with Gasteiger partial charge in [-0.25, -0.2) is 8.42 Å². The average Bonchev–Trinajstić information content (AvgIpc) is 2.84. The Morgan fingerprint density at radius 1 is 0.875 bits per heavy atom. The van der Waals surface area contributed by atoms with Gasteiger partial charge in [0, 0.05) is 31.7 Å². The summed E-state index contributed by atoms with van der Waals surface area (Å²) in [7, 11) is -0.539. The Morgan fingerprint density at radius 3 is 2.31 bits per heavy atom. The third kappa shape index (κ3) is 4.39. The summed E-state index contributed by atoms with van der Waals surface area (Å²) >= 11 is 0. The largest absolute Gasteiger partial charge is 0.497 e. The van der Waals surface area contributed by atoms with Gasteiger partial charge in [0.25, 0.3) is 0 Å². The number of hydrogen-bond donors (Lipinski definition) is 0. The van der Waals surface area contributed by atoms with Crippen molar-refractivity contribution in [1.29, 1.82) is 0 Å². The van der Waals surface area contributed by atoms with Gasteiger partial charge in [-0.1, -0.05) is 18.2 Å². The van der Waals surface area contributed by atoms with Crippen LogP contribution in [0.4, 0.5) is 5.82 Å². The van der Waals surface area contributed by atoms with Gasteiger partial charge in [0.05, 0.1) is 19.9 Å². The second-order valence-electron chi connectivity index (χ2n) is 7.55. The fourth-order valence-electron chi connectivity index (χ4n) is 3.71. The first-order valence-corrected chi connectivity index (χ1v) is 11.7. The lowest BCUT2D eigenvalue weighted by Crippen LogP contribution is -2.49. The first kappa shape index (κ1) is 22.0. The predicted molar refractivity (Wildman–Crippen MR) is 123 cm³/mol. The number of methoxy groups -OCH3 is 2. The van der Waals surface area contributed by atoms with Crippen LogP contribution in [0.3, 0.4) is 0 Å². The molecule has 168 valence electrons. The van der Waals surface area contributed by atoms with Crippen LogP contribution in [-0.4, -0.2) is 63.3 Å². The van der Waals surface area contributed by atoms with Gasteiger partial charge in [-0.3, -0.25) is 0 Å². The minimum absolute atomic E-state index is 0.205. The van der Waals surface area contributed by atoms with Crippen LogP contribution in [-0.2, 0) is 10.0 Å². The van der Waals surface area contributed by atoms with Crippen molar-refractivity contribution >= 4 is 15.8 Å². The summed E-state index contributed by atoms with van der Waals surface area (Å²) in [6.07, 6.45) is 0. The van der Waals surface area contributed by atoms with E-state index in [9.17, 15) is 8.42 Å². The zero-order valence-electron chi connectivity index (χ0n) is 18.4. The molecule has 0 radical (unpaired) electrons. The van der Waals surface area contributed by atoms with E-state index in [-0.39, 0.29) is 4.90 Å². The lowest BCUT2D eigenvalue weighted by atomic mass is 10.1. The smallest absolute Gasteiger partial charge is 0.246 e. The molecule has 1 saturated heterocycles. The molecule has 8 nitrogen and oxygen atoms in total. The van der Waals surface area contributed by atoms with Crippen LogP contribution in [0, 0.1) is 6.92 Å². The van der Waals surface area contributed by atoms with Crippen LogP contribution in [0.5, 0.6) is 11.5 Å². The highest BCUT2D eigenvalue weighted by molar-refractivity contribution is 7.89. The second-order valence-corrected chi connectivity index (χ2v) is 9.46. The number of aromatic nitrogens is 2. The van der Waals surface area contributed by atoms with E-state index in [0.717, 1.165) is 28.4 Å². The fourth-order valence-corrected chi connectivity index (χ4v) is 5.38. The molecular weight excluding hydrogens is 428 g/mol. The number of piperazine rings is 1. The topological polar surface area (TPSA) is 84.9 Å². The van der Waals surface area contributed by atoms with E-state index in [0.29, 0.717) is 31.9 Å². The molecule has 0 aliphatic carbocycles. The standard InChI is InChI=1S/C23H26N4O4S/c1-17-7-9-21(31-3)22(15-17)32(28,29)27-13-11-26(12-14-27)23-10-8-20(24-25-23)18-5-4-6-19(16-18)30-2/h4-10,15-16H,11-14H2,1-3H3. The Labute approximate surface area is 188 Å². The van der Waals surface area contributed by atoms with E-state index in [1.807, 2.05) is 54.3 Å². The fraction of sp³-hybridized carbons (Fsp3) is 0.304. The predicted octanol–water partition coefficient (Wildman–Crippen LogP) is 2.98. The lowest BCUT2D eigenvalue weighted by Gasteiger charge is -2.34. The summed E-state index contributed by atoms with van der Waals surface area (Å²) in [6.45, 7) is 3.64. The summed E-state index contributed by atoms with van der Waals surface area (Å²) < 4.78 is 38.5. The molecule has 1 aliphatic rings. The Kier molecular flexibility index (Phi) is 6.29. The highest BCUT2D eigenvalue weighted by Crippen LogP contribution is 2.29. The van der Waals surface area contributed by atoms with Crippen LogP contribution in [0.15, 0.2) is 59.5 Å². The van der Waals surface area contributed by atoms with Gasteiger partial charge >= 0.3 is 0 Å². The summed E-state index contributed by atoms with van der Waals surface area (Å²) in [5.41, 5.74) is 2.54. The van der Waals surface area contributed by atoms with Gasteiger partial charge in [-0.05, 0) is 48.9 Å². The van der Waals surface area contributed by atoms with E-state index in [1.165, 1.54) is 11.4 Å². The molecule has 0 spiro atoms. The Morgan fingerprint density at radius 2 is 1.66 bits per heavy atom. The SMILES string of the molecule is COc1cccc(-c2ccc(N3CCN(S(=O)(=O)c4cc(C)ccc4OC)CC3)nn2)c1. The van der Waals surface area contributed by atoms with Crippen LogP contribution < -0.4 is 14.4 Å². The van der Waals surface area contributed by atoms with Gasteiger partial charge in [0.2, 0.25) is 10.0 Å². The van der Waals surface area contributed by atoms with E-state index < -0.39 is 10.0 Å². The van der Waals surface area contributed by atoms with E-state index >= 15 is 0 Å². The zero-order valence-corrected chi connectivity index (χ0v) is 19.2. The molecule has 1 aliphatic heterocycles. The first-order chi connectivity index (χ1) is 15.4. The molecule has 2 heterocycles. The van der Waals surface area contributed by atoms with E-state index in [4.69, 9.17) is 9.47 Å². The quantitative estimate of drug-likeness (QED) is 0.566. The molecule has 0 amide bonds. The minimum atomic E-state index is -3.65. The summed E-state index contributed by atoms with van der Waals surface area (Å²) in [6, 6.07) is 16.7. The molecule has 0 N–H and O–H groups in total. The molecule has 0 atom stereocenters. The number of hydrogen-bond acceptors (Lipinski definition) is 7. The summed E-state index contributed by atoms with van der Waals surface area (Å²) in [5, 5.41) is 8.72. The van der Waals surface area contributed by atoms with Gasteiger partial charge in [0.15, 0.2) is 5.82 Å². The Bertz CT molecular complexity index is 1190. The average molecular weight is 455 g/mol. The highest BCUT2D eigenvalue weighted by Gasteiger charge is 2.31. The molecule has 0 unspecified atom stereocenters. The third-order valence-electron chi connectivity index (χ3n) is 5.52. The van der Waals surface area contributed by atoms with Crippen LogP contribution in [0.25, 0.3) is 11.3 Å². The second kappa shape index (κ2) is 9.13. The number of sulfonamides is 1. The van der Waals surface area contributed by atoms with Crippen molar-refractivity contribution < 1.29 is 17.9 Å². The molecule has 0 saturated carbocycles. The third-order valence-corrected chi connectivity index (χ3v) is 7.44. The van der Waals surface area contributed by atoms with Gasteiger partial charge in [-0.15, -0.1) is 10.2 Å². The summed E-state index contributed by atoms with van der Waals surface area (Å²) in [5.74, 6) is 1.84. The number of rotatable bonds is 6. The lowest BCUT2D eigenvalue weighted by molar-refractivity contribution is 0.373. The zero-order chi connectivity index (χ0) is 22.7. The maximum atomic E-state index is 13.2. The van der Waals surface area contributed by atoms with Crippen molar-refractivity contribution in [3.8, 4) is 22.8 Å². The Hall–Kier alpha value is -3.17. The molecule has 9 heteroatoms. The molecular formula is C23H26N4O4S. The minimum Gasteiger partial charge on any atom is -0.497 e. The van der Waals surface area contributed by atoms with Gasteiger partial charge < -0.3 is 14.4 Å². The number of benzene rings is 2. The Balaban J connectivity index is 1.46. The summed E-state index contributed by atoms with van der Waals surface area (Å²) in [4.78, 5) is 2.25. The van der Waals surface area contributed by atoms with Crippen molar-refractivity contribution in [2.75, 3.05) is 45.3 Å². The van der Waals surface area contributed by atoms with Crippen LogP contribution in [0.2, 0.25) is 0 Å². The van der Waals surface area contributed by atoms with Crippen LogP contribution >= 0.6 is 0 Å². The molecule has 1 aromatic heterocycles. The van der Waals surface area contributed by atoms with Gasteiger partial charge in [0.1, 0.15) is 16.4 Å². The van der Waals surface area contributed by atoms with E-state index in [2.05, 4.69) is 10.2 Å². The number of anilines is 1. The van der Waals surface area contributed by atoms with Crippen molar-refractivity contribution in [2.45, 2.75) is 11.8 Å². The number of aryl methyl sites for hydroxylation is 1. The number of nitrogens with zero attached hydrogens (tertiary/aromatic N) is 4. The van der Waals surface area contributed by atoms with Crippen molar-refractivity contribution in [3.05, 3.63) is 60.2 Å². The van der Waals surface area contributed by atoms with E-state index in [1.54, 1.807) is 19.2 Å².